The van der Waals surface area contributed by atoms with Crippen molar-refractivity contribution in [3.8, 4) is 23.0 Å². The molecule has 2 N–H and O–H groups in total. The number of ether oxygens (including phenoxy) is 2. The average molecular weight is 567 g/mol. The van der Waals surface area contributed by atoms with Gasteiger partial charge in [-0.1, -0.05) is 28.1 Å². The van der Waals surface area contributed by atoms with Crippen molar-refractivity contribution in [1.29, 1.82) is 0 Å². The number of aromatic nitrogens is 4. The van der Waals surface area contributed by atoms with E-state index in [0.717, 1.165) is 22.2 Å². The molecule has 180 valence electrons. The van der Waals surface area contributed by atoms with Crippen LogP contribution in [0.15, 0.2) is 52.4 Å². The minimum absolute atomic E-state index is 0.118. The Kier molecular flexibility index (Phi) is 8.19. The van der Waals surface area contributed by atoms with E-state index >= 15 is 0 Å². The summed E-state index contributed by atoms with van der Waals surface area (Å²) >= 11 is 4.95. The molecule has 0 aliphatic heterocycles. The monoisotopic (exact) mass is 566 g/mol. The Labute approximate surface area is 210 Å². The molecule has 2 aromatic heterocycles. The number of nitrogens with one attached hydrogen (secondary N) is 2. The average Bonchev–Trinajstić information content (AvgIpc) is 3.66. The highest BCUT2D eigenvalue weighted by Crippen LogP contribution is 2.35. The number of benzene rings is 1. The van der Waals surface area contributed by atoms with Gasteiger partial charge < -0.3 is 9.47 Å². The standard InChI is InChI=1S/C21H23BrN6O4S2/c1-33-17-11-23-21(24-12-17)32-9-8-31-20-18(15-4-6-16(22)7-5-15)19(25-13-26-20)28-34(29,30)27-10-14-2-3-14/h4-7,11-14,27H,2-3,8-10H2,1H3,(H,25,26,28). The minimum Gasteiger partial charge on any atom is -0.473 e. The molecule has 0 saturated heterocycles. The summed E-state index contributed by atoms with van der Waals surface area (Å²) in [6.45, 7) is 0.710. The number of halogens is 1. The molecule has 0 atom stereocenters. The second-order valence-electron chi connectivity index (χ2n) is 7.41. The van der Waals surface area contributed by atoms with E-state index in [1.807, 2.05) is 30.5 Å². The van der Waals surface area contributed by atoms with Gasteiger partial charge in [-0.3, -0.25) is 4.72 Å². The summed E-state index contributed by atoms with van der Waals surface area (Å²) in [5, 5.41) is 0. The van der Waals surface area contributed by atoms with Crippen LogP contribution in [0.3, 0.4) is 0 Å². The van der Waals surface area contributed by atoms with E-state index in [2.05, 4.69) is 45.3 Å². The van der Waals surface area contributed by atoms with Crippen molar-refractivity contribution < 1.29 is 17.9 Å². The minimum atomic E-state index is -3.81. The summed E-state index contributed by atoms with van der Waals surface area (Å²) in [5.41, 5.74) is 1.11. The summed E-state index contributed by atoms with van der Waals surface area (Å²) < 4.78 is 42.5. The highest BCUT2D eigenvalue weighted by molar-refractivity contribution is 9.10. The van der Waals surface area contributed by atoms with Gasteiger partial charge in [-0.25, -0.2) is 19.9 Å². The summed E-state index contributed by atoms with van der Waals surface area (Å²) in [5.74, 6) is 0.736. The van der Waals surface area contributed by atoms with Crippen LogP contribution < -0.4 is 18.9 Å². The van der Waals surface area contributed by atoms with Gasteiger partial charge in [-0.05, 0) is 42.7 Å². The second kappa shape index (κ2) is 11.3. The lowest BCUT2D eigenvalue weighted by Crippen LogP contribution is -2.32. The fraction of sp³-hybridized carbons (Fsp3) is 0.333. The van der Waals surface area contributed by atoms with E-state index in [-0.39, 0.29) is 30.9 Å². The first-order valence-electron chi connectivity index (χ1n) is 10.4. The zero-order valence-electron chi connectivity index (χ0n) is 18.3. The normalized spacial score (nSPS) is 13.5. The third kappa shape index (κ3) is 7.01. The molecule has 0 bridgehead atoms. The van der Waals surface area contributed by atoms with Crippen LogP contribution in [0.2, 0.25) is 0 Å². The Morgan fingerprint density at radius 2 is 1.76 bits per heavy atom. The quantitative estimate of drug-likeness (QED) is 0.250. The molecule has 0 unspecified atom stereocenters. The smallest absolute Gasteiger partial charge is 0.316 e. The number of anilines is 1. The molecule has 2 heterocycles. The van der Waals surface area contributed by atoms with E-state index in [9.17, 15) is 8.42 Å². The lowest BCUT2D eigenvalue weighted by molar-refractivity contribution is 0.201. The Bertz CT molecular complexity index is 1210. The van der Waals surface area contributed by atoms with Crippen molar-refractivity contribution in [3.63, 3.8) is 0 Å². The summed E-state index contributed by atoms with van der Waals surface area (Å²) in [4.78, 5) is 17.6. The van der Waals surface area contributed by atoms with Crippen molar-refractivity contribution in [1.82, 2.24) is 24.7 Å². The van der Waals surface area contributed by atoms with Crippen LogP contribution in [0.25, 0.3) is 11.1 Å². The molecule has 34 heavy (non-hydrogen) atoms. The Hall–Kier alpha value is -2.48. The van der Waals surface area contributed by atoms with Crippen LogP contribution in [0.5, 0.6) is 11.9 Å². The van der Waals surface area contributed by atoms with Crippen molar-refractivity contribution in [2.75, 3.05) is 30.7 Å². The molecule has 0 spiro atoms. The van der Waals surface area contributed by atoms with Gasteiger partial charge in [0.15, 0.2) is 5.82 Å². The number of rotatable bonds is 12. The zero-order valence-corrected chi connectivity index (χ0v) is 21.5. The lowest BCUT2D eigenvalue weighted by atomic mass is 10.1. The van der Waals surface area contributed by atoms with Crippen LogP contribution in [0.1, 0.15) is 12.8 Å². The van der Waals surface area contributed by atoms with Crippen LogP contribution in [-0.2, 0) is 10.2 Å². The maximum absolute atomic E-state index is 12.6. The Balaban J connectivity index is 1.49. The van der Waals surface area contributed by atoms with Gasteiger partial charge in [0.25, 0.3) is 10.2 Å². The SMILES string of the molecule is CSc1cnc(OCCOc2ncnc(NS(=O)(=O)NCC3CC3)c2-c2ccc(Br)cc2)nc1. The van der Waals surface area contributed by atoms with Crippen LogP contribution in [-0.4, -0.2) is 54.4 Å². The third-order valence-corrected chi connectivity index (χ3v) is 7.05. The molecule has 1 fully saturated rings. The highest BCUT2D eigenvalue weighted by Gasteiger charge is 2.25. The second-order valence-corrected chi connectivity index (χ2v) is 10.7. The molecule has 4 rings (SSSR count). The van der Waals surface area contributed by atoms with Gasteiger partial charge >= 0.3 is 6.01 Å². The summed E-state index contributed by atoms with van der Waals surface area (Å²) in [6, 6.07) is 7.57. The van der Waals surface area contributed by atoms with Gasteiger partial charge in [-0.15, -0.1) is 11.8 Å². The first kappa shape index (κ1) is 24.6. The molecule has 1 saturated carbocycles. The van der Waals surface area contributed by atoms with Gasteiger partial charge in [-0.2, -0.15) is 13.1 Å². The van der Waals surface area contributed by atoms with Crippen molar-refractivity contribution in [2.45, 2.75) is 17.7 Å². The van der Waals surface area contributed by atoms with Crippen LogP contribution in [0.4, 0.5) is 5.82 Å². The molecule has 0 radical (unpaired) electrons. The number of hydrogen-bond acceptors (Lipinski definition) is 9. The first-order chi connectivity index (χ1) is 16.4. The van der Waals surface area contributed by atoms with E-state index in [1.54, 1.807) is 24.2 Å². The number of nitrogens with zero attached hydrogens (tertiary/aromatic N) is 4. The molecule has 1 aromatic carbocycles. The third-order valence-electron chi connectivity index (χ3n) is 4.83. The molecular formula is C21H23BrN6O4S2. The zero-order chi connectivity index (χ0) is 24.0. The van der Waals surface area contributed by atoms with E-state index < -0.39 is 10.2 Å². The highest BCUT2D eigenvalue weighted by atomic mass is 79.9. The Morgan fingerprint density at radius 3 is 2.44 bits per heavy atom. The van der Waals surface area contributed by atoms with Crippen LogP contribution >= 0.6 is 27.7 Å². The van der Waals surface area contributed by atoms with Crippen molar-refractivity contribution in [2.24, 2.45) is 5.92 Å². The fourth-order valence-electron chi connectivity index (χ4n) is 2.90. The summed E-state index contributed by atoms with van der Waals surface area (Å²) in [6.07, 6.45) is 8.62. The maximum atomic E-state index is 12.6. The van der Waals surface area contributed by atoms with E-state index in [1.165, 1.54) is 6.33 Å². The molecule has 10 nitrogen and oxygen atoms in total. The molecule has 1 aliphatic carbocycles. The van der Waals surface area contributed by atoms with E-state index in [4.69, 9.17) is 9.47 Å². The number of thioether (sulfide) groups is 1. The lowest BCUT2D eigenvalue weighted by Gasteiger charge is -2.16. The van der Waals surface area contributed by atoms with Crippen molar-refractivity contribution in [3.05, 3.63) is 47.5 Å². The predicted octanol–water partition coefficient (Wildman–Crippen LogP) is 3.53. The van der Waals surface area contributed by atoms with Gasteiger partial charge in [0.2, 0.25) is 5.88 Å². The van der Waals surface area contributed by atoms with Gasteiger partial charge in [0.05, 0.1) is 5.56 Å². The first-order valence-corrected chi connectivity index (χ1v) is 13.9. The van der Waals surface area contributed by atoms with Gasteiger partial charge in [0, 0.05) is 28.3 Å². The number of hydrogen-bond donors (Lipinski definition) is 2. The topological polar surface area (TPSA) is 128 Å². The van der Waals surface area contributed by atoms with E-state index in [0.29, 0.717) is 23.6 Å². The maximum Gasteiger partial charge on any atom is 0.316 e. The molecule has 3 aromatic rings. The Morgan fingerprint density at radius 1 is 1.06 bits per heavy atom. The fourth-order valence-corrected chi connectivity index (χ4v) is 4.42. The molecular weight excluding hydrogens is 544 g/mol. The molecule has 0 amide bonds. The molecule has 13 heteroatoms. The predicted molar refractivity (Wildman–Crippen MR) is 133 cm³/mol. The summed E-state index contributed by atoms with van der Waals surface area (Å²) in [7, 11) is -3.81. The van der Waals surface area contributed by atoms with Crippen LogP contribution in [0, 0.1) is 5.92 Å². The van der Waals surface area contributed by atoms with Gasteiger partial charge in [0.1, 0.15) is 19.5 Å². The largest absolute Gasteiger partial charge is 0.473 e. The van der Waals surface area contributed by atoms with Crippen molar-refractivity contribution >= 4 is 43.7 Å². The molecule has 1 aliphatic rings.